The normalized spacial score (nSPS) is 14.1. The van der Waals surface area contributed by atoms with Crippen LogP contribution in [0.4, 0.5) is 0 Å². The van der Waals surface area contributed by atoms with Gasteiger partial charge in [-0.15, -0.1) is 0 Å². The van der Waals surface area contributed by atoms with Gasteiger partial charge in [0.15, 0.2) is 5.16 Å². The molecule has 5 nitrogen and oxygen atoms in total. The summed E-state index contributed by atoms with van der Waals surface area (Å²) in [6.07, 6.45) is 3.24. The number of aliphatic hydroxyl groups is 1. The molecule has 0 aliphatic heterocycles. The molecule has 1 aromatic heterocycles. The second kappa shape index (κ2) is 7.71. The number of carbonyl (C=O) groups excluding carboxylic acids is 1. The van der Waals surface area contributed by atoms with Crippen LogP contribution in [0.3, 0.4) is 0 Å². The summed E-state index contributed by atoms with van der Waals surface area (Å²) >= 11 is 1.43. The molecule has 0 bridgehead atoms. The van der Waals surface area contributed by atoms with Crippen LogP contribution in [0, 0.1) is 11.3 Å². The third-order valence-electron chi connectivity index (χ3n) is 3.84. The first kappa shape index (κ1) is 20.0. The van der Waals surface area contributed by atoms with Crippen molar-refractivity contribution in [1.29, 1.82) is 0 Å². The van der Waals surface area contributed by atoms with Gasteiger partial charge < -0.3 is 15.0 Å². The molecule has 0 aliphatic rings. The highest BCUT2D eigenvalue weighted by Crippen LogP contribution is 2.26. The van der Waals surface area contributed by atoms with Crippen LogP contribution in [0.15, 0.2) is 17.6 Å². The van der Waals surface area contributed by atoms with Crippen LogP contribution in [-0.2, 0) is 10.3 Å². The van der Waals surface area contributed by atoms with Gasteiger partial charge in [0.1, 0.15) is 0 Å². The predicted octanol–water partition coefficient (Wildman–Crippen LogP) is 2.89. The number of nitrogens with one attached hydrogen (secondary N) is 1. The van der Waals surface area contributed by atoms with Crippen LogP contribution < -0.4 is 5.32 Å². The lowest BCUT2D eigenvalue weighted by Crippen LogP contribution is -2.44. The lowest BCUT2D eigenvalue weighted by molar-refractivity contribution is -0.119. The van der Waals surface area contributed by atoms with Gasteiger partial charge in [-0.25, -0.2) is 4.98 Å². The highest BCUT2D eigenvalue weighted by molar-refractivity contribution is 7.99. The number of carbonyl (C=O) groups is 1. The van der Waals surface area contributed by atoms with Crippen LogP contribution in [0.25, 0.3) is 0 Å². The average Bonchev–Trinajstić information content (AvgIpc) is 2.90. The summed E-state index contributed by atoms with van der Waals surface area (Å²) in [5.74, 6) is 0.444. The minimum absolute atomic E-state index is 0.0394. The molecule has 6 heteroatoms. The van der Waals surface area contributed by atoms with E-state index < -0.39 is 6.10 Å². The molecule has 1 unspecified atom stereocenters. The summed E-state index contributed by atoms with van der Waals surface area (Å²) in [5, 5.41) is 14.0. The number of nitrogens with zero attached hydrogens (tertiary/aromatic N) is 2. The van der Waals surface area contributed by atoms with Gasteiger partial charge in [-0.3, -0.25) is 4.79 Å². The quantitative estimate of drug-likeness (QED) is 0.748. The van der Waals surface area contributed by atoms with Crippen molar-refractivity contribution in [2.75, 3.05) is 12.3 Å². The fraction of sp³-hybridized carbons (Fsp3) is 0.765. The van der Waals surface area contributed by atoms with E-state index in [1.165, 1.54) is 11.8 Å². The molecule has 0 saturated heterocycles. The van der Waals surface area contributed by atoms with E-state index in [2.05, 4.69) is 35.6 Å². The molecule has 0 fully saturated rings. The maximum atomic E-state index is 12.1. The van der Waals surface area contributed by atoms with Gasteiger partial charge in [-0.05, 0) is 26.7 Å². The molecule has 0 spiro atoms. The van der Waals surface area contributed by atoms with E-state index >= 15 is 0 Å². The summed E-state index contributed by atoms with van der Waals surface area (Å²) < 4.78 is 2.07. The van der Waals surface area contributed by atoms with E-state index in [0.717, 1.165) is 5.16 Å². The first-order chi connectivity index (χ1) is 10.4. The minimum Gasteiger partial charge on any atom is -0.392 e. The van der Waals surface area contributed by atoms with Gasteiger partial charge in [0, 0.05) is 29.9 Å². The number of thioether (sulfide) groups is 1. The Morgan fingerprint density at radius 1 is 1.35 bits per heavy atom. The van der Waals surface area contributed by atoms with Crippen molar-refractivity contribution in [3.63, 3.8) is 0 Å². The summed E-state index contributed by atoms with van der Waals surface area (Å²) in [7, 11) is 0. The molecule has 0 saturated carbocycles. The van der Waals surface area contributed by atoms with Gasteiger partial charge >= 0.3 is 0 Å². The lowest BCUT2D eigenvalue weighted by Gasteiger charge is -2.33. The van der Waals surface area contributed by atoms with Crippen molar-refractivity contribution in [1.82, 2.24) is 14.9 Å². The zero-order valence-electron chi connectivity index (χ0n) is 15.4. The Balaban J connectivity index is 2.52. The molecular weight excluding hydrogens is 310 g/mol. The molecule has 132 valence electrons. The number of aliphatic hydroxyl groups excluding tert-OH is 1. The monoisotopic (exact) mass is 341 g/mol. The van der Waals surface area contributed by atoms with Gasteiger partial charge in [0.05, 0.1) is 11.9 Å². The smallest absolute Gasteiger partial charge is 0.230 e. The predicted molar refractivity (Wildman–Crippen MR) is 95.6 cm³/mol. The second-order valence-electron chi connectivity index (χ2n) is 7.99. The van der Waals surface area contributed by atoms with Crippen LogP contribution in [-0.4, -0.2) is 39.0 Å². The molecule has 1 heterocycles. The second-order valence-corrected chi connectivity index (χ2v) is 8.94. The summed E-state index contributed by atoms with van der Waals surface area (Å²) in [5.41, 5.74) is -0.406. The number of aromatic nitrogens is 2. The minimum atomic E-state index is -0.449. The zero-order chi connectivity index (χ0) is 17.8. The van der Waals surface area contributed by atoms with E-state index in [4.69, 9.17) is 0 Å². The molecule has 1 atom stereocenters. The van der Waals surface area contributed by atoms with E-state index in [-0.39, 0.29) is 22.8 Å². The van der Waals surface area contributed by atoms with E-state index in [9.17, 15) is 9.90 Å². The van der Waals surface area contributed by atoms with Gasteiger partial charge in [-0.1, -0.05) is 39.5 Å². The number of imidazole rings is 1. The number of rotatable bonds is 7. The Hall–Kier alpha value is -1.01. The topological polar surface area (TPSA) is 67.2 Å². The highest BCUT2D eigenvalue weighted by Gasteiger charge is 2.30. The first-order valence-corrected chi connectivity index (χ1v) is 9.05. The fourth-order valence-corrected chi connectivity index (χ4v) is 3.39. The molecular formula is C17H31N3O2S. The van der Waals surface area contributed by atoms with Gasteiger partial charge in [0.2, 0.25) is 5.91 Å². The van der Waals surface area contributed by atoms with Crippen molar-refractivity contribution in [3.8, 4) is 0 Å². The lowest BCUT2D eigenvalue weighted by atomic mass is 9.81. The fourth-order valence-electron chi connectivity index (χ4n) is 2.42. The molecule has 23 heavy (non-hydrogen) atoms. The molecule has 1 amide bonds. The van der Waals surface area contributed by atoms with Crippen LogP contribution in [0.5, 0.6) is 0 Å². The SMILES string of the molecule is CC(C)C(O)C(C)(C)CNC(=O)CSc1nccn1C(C)(C)C. The van der Waals surface area contributed by atoms with E-state index in [0.29, 0.717) is 12.3 Å². The van der Waals surface area contributed by atoms with Gasteiger partial charge in [-0.2, -0.15) is 0 Å². The van der Waals surface area contributed by atoms with Crippen molar-refractivity contribution in [3.05, 3.63) is 12.4 Å². The Morgan fingerprint density at radius 2 is 1.96 bits per heavy atom. The number of hydrogen-bond donors (Lipinski definition) is 2. The van der Waals surface area contributed by atoms with Crippen LogP contribution >= 0.6 is 11.8 Å². The van der Waals surface area contributed by atoms with Crippen molar-refractivity contribution < 1.29 is 9.90 Å². The molecule has 2 N–H and O–H groups in total. The van der Waals surface area contributed by atoms with Gasteiger partial charge in [0.25, 0.3) is 0 Å². The number of amides is 1. The Bertz CT molecular complexity index is 518. The maximum absolute atomic E-state index is 12.1. The van der Waals surface area contributed by atoms with E-state index in [1.54, 1.807) is 6.20 Å². The molecule has 0 aromatic carbocycles. The zero-order valence-corrected chi connectivity index (χ0v) is 16.2. The van der Waals surface area contributed by atoms with Crippen molar-refractivity contribution >= 4 is 17.7 Å². The largest absolute Gasteiger partial charge is 0.392 e. The molecule has 0 radical (unpaired) electrons. The van der Waals surface area contributed by atoms with Crippen molar-refractivity contribution in [2.24, 2.45) is 11.3 Å². The third-order valence-corrected chi connectivity index (χ3v) is 4.80. The van der Waals surface area contributed by atoms with Crippen molar-refractivity contribution in [2.45, 2.75) is 65.3 Å². The average molecular weight is 342 g/mol. The first-order valence-electron chi connectivity index (χ1n) is 8.06. The summed E-state index contributed by atoms with van der Waals surface area (Å²) in [6, 6.07) is 0. The third kappa shape index (κ3) is 5.84. The Morgan fingerprint density at radius 3 is 2.48 bits per heavy atom. The number of hydrogen-bond acceptors (Lipinski definition) is 4. The van der Waals surface area contributed by atoms with Crippen LogP contribution in [0.2, 0.25) is 0 Å². The van der Waals surface area contributed by atoms with E-state index in [1.807, 2.05) is 33.9 Å². The Kier molecular flexibility index (Phi) is 6.71. The molecule has 1 aromatic rings. The summed E-state index contributed by atoms with van der Waals surface area (Å²) in [6.45, 7) is 14.7. The molecule has 1 rings (SSSR count). The highest BCUT2D eigenvalue weighted by atomic mass is 32.2. The standard InChI is InChI=1S/C17H31N3O2S/c1-12(2)14(22)17(6,7)11-19-13(21)10-23-15-18-8-9-20(15)16(3,4)5/h8-9,12,14,22H,10-11H2,1-7H3,(H,19,21). The maximum Gasteiger partial charge on any atom is 0.230 e. The Labute approximate surface area is 144 Å². The summed E-state index contributed by atoms with van der Waals surface area (Å²) in [4.78, 5) is 16.4. The molecule has 0 aliphatic carbocycles. The van der Waals surface area contributed by atoms with Crippen LogP contribution in [0.1, 0.15) is 48.5 Å².